The Labute approximate surface area is 168 Å². The van der Waals surface area contributed by atoms with Gasteiger partial charge in [0.25, 0.3) is 11.8 Å². The Morgan fingerprint density at radius 2 is 1.79 bits per heavy atom. The van der Waals surface area contributed by atoms with E-state index in [-0.39, 0.29) is 12.5 Å². The summed E-state index contributed by atoms with van der Waals surface area (Å²) >= 11 is 5.98. The summed E-state index contributed by atoms with van der Waals surface area (Å²) in [4.78, 5) is 26.2. The van der Waals surface area contributed by atoms with Crippen molar-refractivity contribution in [3.05, 3.63) is 70.4 Å². The lowest BCUT2D eigenvalue weighted by atomic mass is 10.1. The van der Waals surface area contributed by atoms with Crippen LogP contribution in [0.5, 0.6) is 0 Å². The van der Waals surface area contributed by atoms with E-state index in [1.165, 1.54) is 0 Å². The van der Waals surface area contributed by atoms with E-state index >= 15 is 0 Å². The van der Waals surface area contributed by atoms with Crippen LogP contribution in [0.15, 0.2) is 52.9 Å². The predicted molar refractivity (Wildman–Crippen MR) is 109 cm³/mol. The number of carbonyl (C=O) groups excluding carboxylic acids is 2. The molecule has 1 aromatic heterocycles. The van der Waals surface area contributed by atoms with E-state index in [1.54, 1.807) is 24.3 Å². The molecule has 0 saturated carbocycles. The lowest BCUT2D eigenvalue weighted by Gasteiger charge is -2.17. The van der Waals surface area contributed by atoms with Gasteiger partial charge in [0.1, 0.15) is 11.3 Å². The fourth-order valence-corrected chi connectivity index (χ4v) is 3.28. The fraction of sp³-hybridized carbons (Fsp3) is 0.238. The average Bonchev–Trinajstić information content (AvgIpc) is 3.04. The van der Waals surface area contributed by atoms with E-state index < -0.39 is 5.91 Å². The predicted octanol–water partition coefficient (Wildman–Crippen LogP) is 3.54. The van der Waals surface area contributed by atoms with Crippen LogP contribution in [0.3, 0.4) is 0 Å². The van der Waals surface area contributed by atoms with Gasteiger partial charge in [0.05, 0.1) is 17.1 Å². The summed E-state index contributed by atoms with van der Waals surface area (Å²) in [5, 5.41) is 1.38. The first-order chi connectivity index (χ1) is 13.5. The number of para-hydroxylation sites is 1. The van der Waals surface area contributed by atoms with Crippen molar-refractivity contribution >= 4 is 34.4 Å². The van der Waals surface area contributed by atoms with Crippen LogP contribution in [-0.4, -0.2) is 30.3 Å². The Hall–Kier alpha value is -2.83. The third kappa shape index (κ3) is 4.52. The summed E-state index contributed by atoms with van der Waals surface area (Å²) in [7, 11) is 1.84. The van der Waals surface area contributed by atoms with E-state index in [9.17, 15) is 9.59 Å². The van der Waals surface area contributed by atoms with Gasteiger partial charge in [-0.25, -0.2) is 0 Å². The maximum atomic E-state index is 12.2. The number of nitrogens with one attached hydrogen (secondary N) is 2. The summed E-state index contributed by atoms with van der Waals surface area (Å²) in [5.74, 6) is 0.130. The number of rotatable bonds is 6. The summed E-state index contributed by atoms with van der Waals surface area (Å²) in [5.41, 5.74) is 7.04. The lowest BCUT2D eigenvalue weighted by molar-refractivity contribution is -0.122. The third-order valence-electron chi connectivity index (χ3n) is 4.38. The smallest absolute Gasteiger partial charge is 0.271 e. The second kappa shape index (κ2) is 8.91. The summed E-state index contributed by atoms with van der Waals surface area (Å²) in [6.07, 6.45) is 0.776. The SMILES string of the molecule is CCc1oc2ccccc2c1CN(C)CC(=O)NNC(=O)c1ccccc1Cl. The van der Waals surface area contributed by atoms with Gasteiger partial charge in [0, 0.05) is 23.9 Å². The molecule has 7 heteroatoms. The van der Waals surface area contributed by atoms with Crippen LogP contribution in [0.2, 0.25) is 5.02 Å². The number of hydrogen-bond donors (Lipinski definition) is 2. The van der Waals surface area contributed by atoms with Crippen molar-refractivity contribution in [2.75, 3.05) is 13.6 Å². The number of carbonyl (C=O) groups is 2. The van der Waals surface area contributed by atoms with Crippen LogP contribution in [0.1, 0.15) is 28.6 Å². The van der Waals surface area contributed by atoms with Crippen molar-refractivity contribution in [3.63, 3.8) is 0 Å². The maximum absolute atomic E-state index is 12.2. The van der Waals surface area contributed by atoms with Crippen LogP contribution in [0.4, 0.5) is 0 Å². The van der Waals surface area contributed by atoms with Crippen molar-refractivity contribution in [2.45, 2.75) is 19.9 Å². The number of likely N-dealkylation sites (N-methyl/N-ethyl adjacent to an activating group) is 1. The fourth-order valence-electron chi connectivity index (χ4n) is 3.06. The highest BCUT2D eigenvalue weighted by Gasteiger charge is 2.16. The molecule has 0 fully saturated rings. The Bertz CT molecular complexity index is 999. The number of amides is 2. The number of benzene rings is 2. The Morgan fingerprint density at radius 1 is 1.07 bits per heavy atom. The van der Waals surface area contributed by atoms with Crippen LogP contribution in [0, 0.1) is 0 Å². The summed E-state index contributed by atoms with van der Waals surface area (Å²) in [6, 6.07) is 14.5. The van der Waals surface area contributed by atoms with Crippen LogP contribution < -0.4 is 10.9 Å². The van der Waals surface area contributed by atoms with E-state index in [0.717, 1.165) is 28.7 Å². The maximum Gasteiger partial charge on any atom is 0.271 e. The van der Waals surface area contributed by atoms with E-state index in [2.05, 4.69) is 10.9 Å². The molecule has 0 aliphatic rings. The van der Waals surface area contributed by atoms with Crippen molar-refractivity contribution in [3.8, 4) is 0 Å². The van der Waals surface area contributed by atoms with Gasteiger partial charge in [-0.15, -0.1) is 0 Å². The molecule has 3 aromatic rings. The minimum atomic E-state index is -0.462. The van der Waals surface area contributed by atoms with Gasteiger partial charge in [0.2, 0.25) is 0 Å². The van der Waals surface area contributed by atoms with Crippen molar-refractivity contribution in [2.24, 2.45) is 0 Å². The van der Waals surface area contributed by atoms with Gasteiger partial charge in [-0.3, -0.25) is 25.3 Å². The number of nitrogens with zero attached hydrogens (tertiary/aromatic N) is 1. The average molecular weight is 400 g/mol. The molecular weight excluding hydrogens is 378 g/mol. The Kier molecular flexibility index (Phi) is 6.34. The van der Waals surface area contributed by atoms with Crippen molar-refractivity contribution < 1.29 is 14.0 Å². The minimum absolute atomic E-state index is 0.117. The molecule has 3 rings (SSSR count). The first kappa shape index (κ1) is 19.9. The standard InChI is InChI=1S/C21H22ClN3O3/c1-3-18-16(14-8-5-7-11-19(14)28-18)12-25(2)13-20(26)23-24-21(27)15-9-4-6-10-17(15)22/h4-11H,3,12-13H2,1-2H3,(H,23,26)(H,24,27). The van der Waals surface area contributed by atoms with Gasteiger partial charge in [-0.05, 0) is 25.2 Å². The molecule has 28 heavy (non-hydrogen) atoms. The molecule has 2 aromatic carbocycles. The van der Waals surface area contributed by atoms with E-state index in [0.29, 0.717) is 17.1 Å². The lowest BCUT2D eigenvalue weighted by Crippen LogP contribution is -2.45. The highest BCUT2D eigenvalue weighted by Crippen LogP contribution is 2.27. The number of hydrazine groups is 1. The third-order valence-corrected chi connectivity index (χ3v) is 4.71. The summed E-state index contributed by atoms with van der Waals surface area (Å²) < 4.78 is 5.90. The zero-order valence-corrected chi connectivity index (χ0v) is 16.5. The van der Waals surface area contributed by atoms with Gasteiger partial charge < -0.3 is 4.42 Å². The Balaban J connectivity index is 1.58. The molecule has 0 unspecified atom stereocenters. The largest absolute Gasteiger partial charge is 0.461 e. The molecule has 6 nitrogen and oxygen atoms in total. The molecule has 0 bridgehead atoms. The molecule has 1 heterocycles. The van der Waals surface area contributed by atoms with Crippen LogP contribution in [-0.2, 0) is 17.8 Å². The van der Waals surface area contributed by atoms with Gasteiger partial charge >= 0.3 is 0 Å². The second-order valence-electron chi connectivity index (χ2n) is 6.51. The molecule has 0 aliphatic heterocycles. The highest BCUT2D eigenvalue weighted by molar-refractivity contribution is 6.33. The van der Waals surface area contributed by atoms with Gasteiger partial charge in [-0.1, -0.05) is 48.9 Å². The highest BCUT2D eigenvalue weighted by atomic mass is 35.5. The number of furan rings is 1. The minimum Gasteiger partial charge on any atom is -0.461 e. The monoisotopic (exact) mass is 399 g/mol. The molecule has 2 amide bonds. The van der Waals surface area contributed by atoms with Gasteiger partial charge in [0.15, 0.2) is 0 Å². The number of halogens is 1. The molecular formula is C21H22ClN3O3. The van der Waals surface area contributed by atoms with Crippen molar-refractivity contribution in [1.82, 2.24) is 15.8 Å². The number of fused-ring (bicyclic) bond motifs is 1. The molecule has 0 radical (unpaired) electrons. The van der Waals surface area contributed by atoms with Gasteiger partial charge in [-0.2, -0.15) is 0 Å². The molecule has 0 saturated heterocycles. The molecule has 2 N–H and O–H groups in total. The second-order valence-corrected chi connectivity index (χ2v) is 6.92. The molecule has 0 spiro atoms. The first-order valence-corrected chi connectivity index (χ1v) is 9.39. The normalized spacial score (nSPS) is 11.0. The molecule has 146 valence electrons. The van der Waals surface area contributed by atoms with E-state index in [1.807, 2.05) is 43.1 Å². The zero-order chi connectivity index (χ0) is 20.1. The summed E-state index contributed by atoms with van der Waals surface area (Å²) in [6.45, 7) is 2.72. The first-order valence-electron chi connectivity index (χ1n) is 9.01. The van der Waals surface area contributed by atoms with Crippen LogP contribution in [0.25, 0.3) is 11.0 Å². The van der Waals surface area contributed by atoms with Crippen LogP contribution >= 0.6 is 11.6 Å². The van der Waals surface area contributed by atoms with E-state index in [4.69, 9.17) is 16.0 Å². The quantitative estimate of drug-likeness (QED) is 0.622. The molecule has 0 aliphatic carbocycles. The van der Waals surface area contributed by atoms with Crippen molar-refractivity contribution in [1.29, 1.82) is 0 Å². The number of hydrogen-bond acceptors (Lipinski definition) is 4. The number of aryl methyl sites for hydroxylation is 1. The molecule has 0 atom stereocenters. The Morgan fingerprint density at radius 3 is 2.54 bits per heavy atom. The zero-order valence-electron chi connectivity index (χ0n) is 15.8. The topological polar surface area (TPSA) is 74.6 Å².